The van der Waals surface area contributed by atoms with Crippen molar-refractivity contribution >= 4 is 21.8 Å². The number of anilines is 1. The zero-order chi connectivity index (χ0) is 14.5. The zero-order valence-corrected chi connectivity index (χ0v) is 11.5. The number of nitrogens with one attached hydrogen (secondary N) is 1. The van der Waals surface area contributed by atoms with Gasteiger partial charge in [0.15, 0.2) is 5.82 Å². The number of hydrogen-bond acceptors (Lipinski definition) is 5. The molecule has 0 amide bonds. The lowest BCUT2D eigenvalue weighted by atomic mass is 10.3. The first-order chi connectivity index (χ1) is 8.82. The Labute approximate surface area is 111 Å². The lowest BCUT2D eigenvalue weighted by Crippen LogP contribution is -2.23. The molecule has 1 aromatic rings. The maximum atomic E-state index is 11.7. The summed E-state index contributed by atoms with van der Waals surface area (Å²) in [4.78, 5) is 14.6. The standard InChI is InChI=1S/C11H16N2O5S/c1-8(2)18-6-7-19(16,17)13-10-9(11(14)15)4-3-5-12-10/h3-5,8H,6-7H2,1-2H3,(H,12,13)(H,14,15). The van der Waals surface area contributed by atoms with Crippen molar-refractivity contribution in [2.24, 2.45) is 0 Å². The third-order valence-electron chi connectivity index (χ3n) is 2.09. The summed E-state index contributed by atoms with van der Waals surface area (Å²) in [5, 5.41) is 8.91. The van der Waals surface area contributed by atoms with Gasteiger partial charge in [-0.2, -0.15) is 0 Å². The number of aromatic nitrogens is 1. The van der Waals surface area contributed by atoms with Gasteiger partial charge in [-0.05, 0) is 26.0 Å². The van der Waals surface area contributed by atoms with E-state index in [1.165, 1.54) is 18.3 Å². The number of carboxylic acids is 1. The number of carbonyl (C=O) groups is 1. The van der Waals surface area contributed by atoms with Crippen LogP contribution in [0.15, 0.2) is 18.3 Å². The van der Waals surface area contributed by atoms with E-state index < -0.39 is 16.0 Å². The van der Waals surface area contributed by atoms with Crippen molar-refractivity contribution in [1.29, 1.82) is 0 Å². The van der Waals surface area contributed by atoms with Gasteiger partial charge in [-0.1, -0.05) is 0 Å². The average Bonchev–Trinajstić information content (AvgIpc) is 2.27. The van der Waals surface area contributed by atoms with Crippen LogP contribution in [0.4, 0.5) is 5.82 Å². The first-order valence-electron chi connectivity index (χ1n) is 5.62. The SMILES string of the molecule is CC(C)OCCS(=O)(=O)Nc1ncccc1C(=O)O. The van der Waals surface area contributed by atoms with Crippen LogP contribution in [0.3, 0.4) is 0 Å². The molecule has 0 fully saturated rings. The van der Waals surface area contributed by atoms with Crippen LogP contribution in [0.1, 0.15) is 24.2 Å². The number of aromatic carboxylic acids is 1. The van der Waals surface area contributed by atoms with E-state index in [1.807, 2.05) is 0 Å². The molecule has 1 rings (SSSR count). The van der Waals surface area contributed by atoms with Crippen molar-refractivity contribution in [3.05, 3.63) is 23.9 Å². The minimum Gasteiger partial charge on any atom is -0.478 e. The number of carboxylic acid groups (broad SMARTS) is 1. The first kappa shape index (κ1) is 15.4. The molecule has 0 aliphatic rings. The van der Waals surface area contributed by atoms with E-state index in [2.05, 4.69) is 9.71 Å². The second-order valence-corrected chi connectivity index (χ2v) is 5.89. The molecule has 7 nitrogen and oxygen atoms in total. The largest absolute Gasteiger partial charge is 0.478 e. The highest BCUT2D eigenvalue weighted by Gasteiger charge is 2.17. The van der Waals surface area contributed by atoms with Gasteiger partial charge in [0, 0.05) is 6.20 Å². The molecule has 0 saturated carbocycles. The fourth-order valence-corrected chi connectivity index (χ4v) is 2.13. The summed E-state index contributed by atoms with van der Waals surface area (Å²) in [6, 6.07) is 2.70. The van der Waals surface area contributed by atoms with E-state index in [0.717, 1.165) is 0 Å². The Kier molecular flexibility index (Phi) is 5.25. The fraction of sp³-hybridized carbons (Fsp3) is 0.455. The van der Waals surface area contributed by atoms with Gasteiger partial charge in [-0.3, -0.25) is 4.72 Å². The molecule has 0 aliphatic heterocycles. The van der Waals surface area contributed by atoms with Crippen LogP contribution >= 0.6 is 0 Å². The van der Waals surface area contributed by atoms with Gasteiger partial charge in [-0.15, -0.1) is 0 Å². The second kappa shape index (κ2) is 6.48. The van der Waals surface area contributed by atoms with E-state index >= 15 is 0 Å². The van der Waals surface area contributed by atoms with Crippen molar-refractivity contribution < 1.29 is 23.1 Å². The summed E-state index contributed by atoms with van der Waals surface area (Å²) in [7, 11) is -3.69. The van der Waals surface area contributed by atoms with Crippen molar-refractivity contribution in [1.82, 2.24) is 4.98 Å². The smallest absolute Gasteiger partial charge is 0.339 e. The summed E-state index contributed by atoms with van der Waals surface area (Å²) in [6.07, 6.45) is 1.24. The van der Waals surface area contributed by atoms with Crippen LogP contribution in [0.25, 0.3) is 0 Å². The molecule has 0 aromatic carbocycles. The third kappa shape index (κ3) is 5.23. The van der Waals surface area contributed by atoms with Crippen molar-refractivity contribution in [3.8, 4) is 0 Å². The highest BCUT2D eigenvalue weighted by atomic mass is 32.2. The maximum absolute atomic E-state index is 11.7. The van der Waals surface area contributed by atoms with Crippen molar-refractivity contribution in [3.63, 3.8) is 0 Å². The van der Waals surface area contributed by atoms with Crippen LogP contribution in [0.2, 0.25) is 0 Å². The highest BCUT2D eigenvalue weighted by molar-refractivity contribution is 7.92. The second-order valence-electron chi connectivity index (χ2n) is 4.05. The van der Waals surface area contributed by atoms with Crippen LogP contribution in [-0.4, -0.2) is 42.9 Å². The molecular weight excluding hydrogens is 272 g/mol. The van der Waals surface area contributed by atoms with Gasteiger partial charge in [0.05, 0.1) is 18.5 Å². The predicted octanol–water partition coefficient (Wildman–Crippen LogP) is 0.946. The Morgan fingerprint density at radius 3 is 2.79 bits per heavy atom. The first-order valence-corrected chi connectivity index (χ1v) is 7.27. The summed E-state index contributed by atoms with van der Waals surface area (Å²) in [5.74, 6) is -1.70. The van der Waals surface area contributed by atoms with Gasteiger partial charge >= 0.3 is 5.97 Å². The Balaban J connectivity index is 2.76. The number of rotatable bonds is 7. The van der Waals surface area contributed by atoms with Crippen molar-refractivity contribution in [2.45, 2.75) is 20.0 Å². The molecule has 0 saturated heterocycles. The minimum atomic E-state index is -3.69. The van der Waals surface area contributed by atoms with Crippen LogP contribution in [-0.2, 0) is 14.8 Å². The molecule has 1 aromatic heterocycles. The molecule has 8 heteroatoms. The fourth-order valence-electron chi connectivity index (χ4n) is 1.25. The number of nitrogens with zero attached hydrogens (tertiary/aromatic N) is 1. The molecule has 19 heavy (non-hydrogen) atoms. The minimum absolute atomic E-state index is 0.0300. The maximum Gasteiger partial charge on any atom is 0.339 e. The Morgan fingerprint density at radius 2 is 2.21 bits per heavy atom. The van der Waals surface area contributed by atoms with Crippen LogP contribution < -0.4 is 4.72 Å². The summed E-state index contributed by atoms with van der Waals surface area (Å²) in [5.41, 5.74) is -0.198. The predicted molar refractivity (Wildman–Crippen MR) is 69.7 cm³/mol. The topological polar surface area (TPSA) is 106 Å². The Hall–Kier alpha value is -1.67. The Bertz CT molecular complexity index is 542. The number of sulfonamides is 1. The molecular formula is C11H16N2O5S. The highest BCUT2D eigenvalue weighted by Crippen LogP contribution is 2.13. The van der Waals surface area contributed by atoms with E-state index in [0.29, 0.717) is 0 Å². The van der Waals surface area contributed by atoms with Gasteiger partial charge in [0.25, 0.3) is 0 Å². The van der Waals surface area contributed by atoms with E-state index in [9.17, 15) is 13.2 Å². The average molecular weight is 288 g/mol. The zero-order valence-electron chi connectivity index (χ0n) is 10.7. The normalized spacial score (nSPS) is 11.5. The van der Waals surface area contributed by atoms with Gasteiger partial charge < -0.3 is 9.84 Å². The molecule has 0 unspecified atom stereocenters. The van der Waals surface area contributed by atoms with Crippen LogP contribution in [0.5, 0.6) is 0 Å². The molecule has 0 radical (unpaired) electrons. The number of pyridine rings is 1. The lowest BCUT2D eigenvalue weighted by molar-refractivity contribution is 0.0697. The summed E-state index contributed by atoms with van der Waals surface area (Å²) < 4.78 is 30.7. The van der Waals surface area contributed by atoms with Gasteiger partial charge in [0.2, 0.25) is 10.0 Å². The molecule has 0 aliphatic carbocycles. The molecule has 106 valence electrons. The number of hydrogen-bond donors (Lipinski definition) is 2. The molecule has 1 heterocycles. The Morgan fingerprint density at radius 1 is 1.53 bits per heavy atom. The van der Waals surface area contributed by atoms with E-state index in [4.69, 9.17) is 9.84 Å². The number of ether oxygens (including phenoxy) is 1. The van der Waals surface area contributed by atoms with Gasteiger partial charge in [0.1, 0.15) is 5.56 Å². The van der Waals surface area contributed by atoms with Gasteiger partial charge in [-0.25, -0.2) is 18.2 Å². The van der Waals surface area contributed by atoms with Crippen molar-refractivity contribution in [2.75, 3.05) is 17.1 Å². The molecule has 0 bridgehead atoms. The molecule has 0 spiro atoms. The quantitative estimate of drug-likeness (QED) is 0.773. The summed E-state index contributed by atoms with van der Waals surface area (Å²) >= 11 is 0. The van der Waals surface area contributed by atoms with E-state index in [-0.39, 0.29) is 29.8 Å². The van der Waals surface area contributed by atoms with E-state index in [1.54, 1.807) is 13.8 Å². The summed E-state index contributed by atoms with van der Waals surface area (Å²) in [6.45, 7) is 3.62. The van der Waals surface area contributed by atoms with Crippen LogP contribution in [0, 0.1) is 0 Å². The molecule has 2 N–H and O–H groups in total. The monoisotopic (exact) mass is 288 g/mol. The lowest BCUT2D eigenvalue weighted by Gasteiger charge is -2.10. The third-order valence-corrected chi connectivity index (χ3v) is 3.30. The molecule has 0 atom stereocenters.